The first-order valence-electron chi connectivity index (χ1n) is 6.33. The number of hydrogen-bond donors (Lipinski definition) is 0. The monoisotopic (exact) mass is 279 g/mol. The predicted octanol–water partition coefficient (Wildman–Crippen LogP) is 2.47. The lowest BCUT2D eigenvalue weighted by atomic mass is 9.98. The minimum Gasteiger partial charge on any atom is -0.493 e. The zero-order valence-corrected chi connectivity index (χ0v) is 12.2. The molecule has 0 saturated carbocycles. The van der Waals surface area contributed by atoms with Crippen LogP contribution in [0.5, 0.6) is 11.5 Å². The molecule has 1 unspecified atom stereocenters. The number of rotatable bonds is 2. The Labute approximate surface area is 117 Å². The summed E-state index contributed by atoms with van der Waals surface area (Å²) in [5.74, 6) is 1.31. The van der Waals surface area contributed by atoms with E-state index in [0.29, 0.717) is 11.5 Å². The molecule has 1 aromatic rings. The van der Waals surface area contributed by atoms with Gasteiger partial charge in [0, 0.05) is 5.56 Å². The molecule has 1 aromatic carbocycles. The highest BCUT2D eigenvalue weighted by Crippen LogP contribution is 2.56. The number of fused-ring (bicyclic) bond motifs is 2. The number of carbonyl (C=O) groups excluding carboxylic acids is 1. The van der Waals surface area contributed by atoms with Gasteiger partial charge in [0.2, 0.25) is 5.12 Å². The van der Waals surface area contributed by atoms with Gasteiger partial charge >= 0.3 is 0 Å². The number of benzene rings is 1. The van der Waals surface area contributed by atoms with Crippen LogP contribution >= 0.6 is 11.8 Å². The molecule has 2 heterocycles. The zero-order valence-electron chi connectivity index (χ0n) is 11.4. The van der Waals surface area contributed by atoms with E-state index in [-0.39, 0.29) is 9.99 Å². The molecule has 0 N–H and O–H groups in total. The number of carbonyl (C=O) groups is 1. The number of hydrogen-bond acceptors (Lipinski definition) is 5. The third-order valence-electron chi connectivity index (χ3n) is 4.05. The van der Waals surface area contributed by atoms with Crippen molar-refractivity contribution in [2.24, 2.45) is 0 Å². The van der Waals surface area contributed by atoms with Gasteiger partial charge in [-0.05, 0) is 44.1 Å². The Hall–Kier alpha value is -1.20. The molecule has 0 radical (unpaired) electrons. The first-order valence-corrected chi connectivity index (χ1v) is 7.15. The molecule has 1 spiro atoms. The second-order valence-electron chi connectivity index (χ2n) is 4.95. The summed E-state index contributed by atoms with van der Waals surface area (Å²) in [6.45, 7) is 1.02. The number of ether oxygens (including phenoxy) is 2. The van der Waals surface area contributed by atoms with Crippen LogP contribution < -0.4 is 9.47 Å². The standard InChI is InChI=1S/C14H17NO3S/c1-15-6-4-5-14(15)10-8-12(18-3)11(17-2)7-9(10)13(16)19-14/h7-8H,4-6H2,1-3H3. The summed E-state index contributed by atoms with van der Waals surface area (Å²) in [7, 11) is 5.30. The fourth-order valence-corrected chi connectivity index (χ4v) is 4.39. The van der Waals surface area contributed by atoms with Crippen molar-refractivity contribution in [3.05, 3.63) is 23.3 Å². The zero-order chi connectivity index (χ0) is 13.6. The number of likely N-dealkylation sites (tertiary alicyclic amines) is 1. The molecule has 0 amide bonds. The quantitative estimate of drug-likeness (QED) is 0.831. The first kappa shape index (κ1) is 12.8. The third kappa shape index (κ3) is 1.68. The highest BCUT2D eigenvalue weighted by molar-refractivity contribution is 8.15. The first-order chi connectivity index (χ1) is 9.12. The highest BCUT2D eigenvalue weighted by atomic mass is 32.2. The van der Waals surface area contributed by atoms with Crippen molar-refractivity contribution < 1.29 is 14.3 Å². The van der Waals surface area contributed by atoms with Crippen LogP contribution in [0.3, 0.4) is 0 Å². The van der Waals surface area contributed by atoms with Crippen molar-refractivity contribution in [3.63, 3.8) is 0 Å². The Kier molecular flexibility index (Phi) is 2.98. The summed E-state index contributed by atoms with van der Waals surface area (Å²) in [5, 5.41) is 0.129. The summed E-state index contributed by atoms with van der Waals surface area (Å²) in [6, 6.07) is 3.78. The van der Waals surface area contributed by atoms with Crippen molar-refractivity contribution in [1.82, 2.24) is 4.90 Å². The minimum atomic E-state index is -0.202. The SMILES string of the molecule is COc1cc2c(cc1OC)C1(CCCN1C)SC2=O. The van der Waals surface area contributed by atoms with Gasteiger partial charge in [-0.1, -0.05) is 11.8 Å². The molecule has 0 aromatic heterocycles. The van der Waals surface area contributed by atoms with Crippen LogP contribution in [0.4, 0.5) is 0 Å². The van der Waals surface area contributed by atoms with Gasteiger partial charge in [0.15, 0.2) is 11.5 Å². The van der Waals surface area contributed by atoms with E-state index < -0.39 is 0 Å². The van der Waals surface area contributed by atoms with E-state index >= 15 is 0 Å². The molecule has 1 fully saturated rings. The van der Waals surface area contributed by atoms with Gasteiger partial charge < -0.3 is 9.47 Å². The summed E-state index contributed by atoms with van der Waals surface area (Å²) in [5.41, 5.74) is 1.83. The minimum absolute atomic E-state index is 0.129. The molecule has 3 rings (SSSR count). The Morgan fingerprint density at radius 1 is 1.26 bits per heavy atom. The molecular formula is C14H17NO3S. The maximum absolute atomic E-state index is 12.3. The van der Waals surface area contributed by atoms with E-state index in [1.807, 2.05) is 12.1 Å². The molecular weight excluding hydrogens is 262 g/mol. The average molecular weight is 279 g/mol. The van der Waals surface area contributed by atoms with Crippen LogP contribution in [-0.2, 0) is 4.87 Å². The van der Waals surface area contributed by atoms with E-state index in [1.165, 1.54) is 11.8 Å². The van der Waals surface area contributed by atoms with Gasteiger partial charge in [0.25, 0.3) is 0 Å². The smallest absolute Gasteiger partial charge is 0.222 e. The van der Waals surface area contributed by atoms with Crippen LogP contribution in [0, 0.1) is 0 Å². The van der Waals surface area contributed by atoms with Gasteiger partial charge in [-0.3, -0.25) is 9.69 Å². The number of thioether (sulfide) groups is 1. The van der Waals surface area contributed by atoms with E-state index in [4.69, 9.17) is 9.47 Å². The molecule has 19 heavy (non-hydrogen) atoms. The lowest BCUT2D eigenvalue weighted by Crippen LogP contribution is -2.33. The van der Waals surface area contributed by atoms with Crippen LogP contribution in [0.2, 0.25) is 0 Å². The van der Waals surface area contributed by atoms with Crippen LogP contribution in [0.15, 0.2) is 12.1 Å². The van der Waals surface area contributed by atoms with E-state index in [1.54, 1.807) is 14.2 Å². The largest absolute Gasteiger partial charge is 0.493 e. The molecule has 2 aliphatic rings. The van der Waals surface area contributed by atoms with Crippen LogP contribution in [0.1, 0.15) is 28.8 Å². The van der Waals surface area contributed by atoms with Gasteiger partial charge in [0.1, 0.15) is 4.87 Å². The van der Waals surface area contributed by atoms with E-state index in [0.717, 1.165) is 30.5 Å². The summed E-state index contributed by atoms with van der Waals surface area (Å²) >= 11 is 1.43. The number of nitrogens with zero attached hydrogens (tertiary/aromatic N) is 1. The van der Waals surface area contributed by atoms with Gasteiger partial charge in [-0.25, -0.2) is 0 Å². The fourth-order valence-electron chi connectivity index (χ4n) is 3.03. The van der Waals surface area contributed by atoms with Gasteiger partial charge in [-0.15, -0.1) is 0 Å². The Bertz CT molecular complexity index is 546. The lowest BCUT2D eigenvalue weighted by molar-refractivity contribution is 0.109. The molecule has 102 valence electrons. The molecule has 5 heteroatoms. The number of methoxy groups -OCH3 is 2. The van der Waals surface area contributed by atoms with Crippen LogP contribution in [-0.4, -0.2) is 37.8 Å². The van der Waals surface area contributed by atoms with E-state index in [2.05, 4.69) is 11.9 Å². The third-order valence-corrected chi connectivity index (χ3v) is 5.53. The van der Waals surface area contributed by atoms with Crippen molar-refractivity contribution in [2.75, 3.05) is 27.8 Å². The van der Waals surface area contributed by atoms with Crippen molar-refractivity contribution in [1.29, 1.82) is 0 Å². The topological polar surface area (TPSA) is 38.8 Å². The molecule has 0 bridgehead atoms. The Balaban J connectivity index is 2.19. The van der Waals surface area contributed by atoms with Gasteiger partial charge in [0.05, 0.1) is 14.2 Å². The highest BCUT2D eigenvalue weighted by Gasteiger charge is 2.50. The fraction of sp³-hybridized carbons (Fsp3) is 0.500. The molecule has 2 aliphatic heterocycles. The molecule has 1 saturated heterocycles. The maximum Gasteiger partial charge on any atom is 0.222 e. The Morgan fingerprint density at radius 2 is 1.95 bits per heavy atom. The average Bonchev–Trinajstić information content (AvgIpc) is 2.91. The molecule has 1 atom stereocenters. The lowest BCUT2D eigenvalue weighted by Gasteiger charge is -2.31. The summed E-state index contributed by atoms with van der Waals surface area (Å²) in [6.07, 6.45) is 2.12. The van der Waals surface area contributed by atoms with Crippen molar-refractivity contribution >= 4 is 16.9 Å². The van der Waals surface area contributed by atoms with E-state index in [9.17, 15) is 4.79 Å². The Morgan fingerprint density at radius 3 is 2.53 bits per heavy atom. The second kappa shape index (κ2) is 4.42. The van der Waals surface area contributed by atoms with Crippen molar-refractivity contribution in [2.45, 2.75) is 17.7 Å². The summed E-state index contributed by atoms with van der Waals surface area (Å²) in [4.78, 5) is 14.3. The second-order valence-corrected chi connectivity index (χ2v) is 6.20. The normalized spacial score (nSPS) is 25.9. The summed E-state index contributed by atoms with van der Waals surface area (Å²) < 4.78 is 10.7. The molecule has 0 aliphatic carbocycles. The maximum atomic E-state index is 12.3. The predicted molar refractivity (Wildman–Crippen MR) is 75.0 cm³/mol. The van der Waals surface area contributed by atoms with Crippen LogP contribution in [0.25, 0.3) is 0 Å². The van der Waals surface area contributed by atoms with Gasteiger partial charge in [-0.2, -0.15) is 0 Å². The molecule has 4 nitrogen and oxygen atoms in total. The van der Waals surface area contributed by atoms with Crippen molar-refractivity contribution in [3.8, 4) is 11.5 Å².